The van der Waals surface area contributed by atoms with Crippen molar-refractivity contribution in [1.29, 1.82) is 0 Å². The summed E-state index contributed by atoms with van der Waals surface area (Å²) in [6, 6.07) is 6.92. The fourth-order valence-corrected chi connectivity index (χ4v) is 3.02. The lowest BCUT2D eigenvalue weighted by Crippen LogP contribution is -2.47. The van der Waals surface area contributed by atoms with E-state index in [2.05, 4.69) is 10.0 Å². The molecule has 0 spiro atoms. The summed E-state index contributed by atoms with van der Waals surface area (Å²) < 4.78 is 26.3. The van der Waals surface area contributed by atoms with Gasteiger partial charge in [0.1, 0.15) is 4.90 Å². The van der Waals surface area contributed by atoms with Gasteiger partial charge in [0.15, 0.2) is 0 Å². The van der Waals surface area contributed by atoms with Crippen molar-refractivity contribution < 1.29 is 8.42 Å². The summed E-state index contributed by atoms with van der Waals surface area (Å²) in [7, 11) is -3.35. The van der Waals surface area contributed by atoms with E-state index in [4.69, 9.17) is 0 Å². The molecule has 0 bridgehead atoms. The van der Waals surface area contributed by atoms with Crippen LogP contribution in [0.2, 0.25) is 0 Å². The average molecular weight is 226 g/mol. The van der Waals surface area contributed by atoms with Crippen molar-refractivity contribution in [3.63, 3.8) is 0 Å². The summed E-state index contributed by atoms with van der Waals surface area (Å²) in [5.74, 6) is 0.202. The van der Waals surface area contributed by atoms with Gasteiger partial charge in [-0.3, -0.25) is 0 Å². The molecule has 1 aliphatic heterocycles. The smallest absolute Gasteiger partial charge is 0.244 e. The maximum atomic E-state index is 11.8. The maximum Gasteiger partial charge on any atom is 0.244 e. The Balaban J connectivity index is 2.49. The molecule has 1 aromatic carbocycles. The number of fused-ring (bicyclic) bond motifs is 1. The van der Waals surface area contributed by atoms with Gasteiger partial charge < -0.3 is 5.32 Å². The van der Waals surface area contributed by atoms with Gasteiger partial charge >= 0.3 is 0 Å². The summed E-state index contributed by atoms with van der Waals surface area (Å²) >= 11 is 0. The topological polar surface area (TPSA) is 58.2 Å². The van der Waals surface area contributed by atoms with Crippen LogP contribution < -0.4 is 10.0 Å². The third-order valence-corrected chi connectivity index (χ3v) is 3.94. The molecule has 5 heteroatoms. The monoisotopic (exact) mass is 226 g/mol. The number of para-hydroxylation sites is 1. The van der Waals surface area contributed by atoms with Crippen molar-refractivity contribution in [3.05, 3.63) is 24.3 Å². The molecule has 2 rings (SSSR count). The van der Waals surface area contributed by atoms with Crippen molar-refractivity contribution in [3.8, 4) is 0 Å². The van der Waals surface area contributed by atoms with E-state index in [9.17, 15) is 8.42 Å². The lowest BCUT2D eigenvalue weighted by atomic mass is 10.1. The Kier molecular flexibility index (Phi) is 2.44. The molecule has 0 saturated heterocycles. The van der Waals surface area contributed by atoms with Crippen molar-refractivity contribution >= 4 is 15.7 Å². The first-order valence-corrected chi connectivity index (χ1v) is 6.37. The SMILES string of the molecule is CC(C)C1Nc2ccccc2S(=O)(=O)N1. The minimum Gasteiger partial charge on any atom is -0.368 e. The summed E-state index contributed by atoms with van der Waals surface area (Å²) in [4.78, 5) is 0.321. The summed E-state index contributed by atoms with van der Waals surface area (Å²) in [6.07, 6.45) is -0.232. The van der Waals surface area contributed by atoms with Crippen LogP contribution in [0.3, 0.4) is 0 Å². The van der Waals surface area contributed by atoms with Crippen LogP contribution in [0.4, 0.5) is 5.69 Å². The summed E-state index contributed by atoms with van der Waals surface area (Å²) in [5, 5.41) is 3.16. The molecule has 1 heterocycles. The third-order valence-electron chi connectivity index (χ3n) is 2.44. The van der Waals surface area contributed by atoms with Crippen molar-refractivity contribution in [2.24, 2.45) is 5.92 Å². The fourth-order valence-electron chi connectivity index (χ4n) is 1.55. The second-order valence-corrected chi connectivity index (χ2v) is 5.67. The van der Waals surface area contributed by atoms with Gasteiger partial charge in [0.25, 0.3) is 0 Å². The molecule has 0 radical (unpaired) electrons. The van der Waals surface area contributed by atoms with Crippen LogP contribution in [0.5, 0.6) is 0 Å². The van der Waals surface area contributed by atoms with E-state index in [1.807, 2.05) is 19.9 Å². The molecule has 1 aliphatic rings. The van der Waals surface area contributed by atoms with Crippen molar-refractivity contribution in [1.82, 2.24) is 4.72 Å². The van der Waals surface area contributed by atoms with Crippen LogP contribution in [0, 0.1) is 5.92 Å². The Hall–Kier alpha value is -1.07. The predicted octanol–water partition coefficient (Wildman–Crippen LogP) is 1.37. The number of sulfonamides is 1. The lowest BCUT2D eigenvalue weighted by molar-refractivity contribution is 0.477. The van der Waals surface area contributed by atoms with E-state index in [1.165, 1.54) is 0 Å². The van der Waals surface area contributed by atoms with E-state index in [0.717, 1.165) is 0 Å². The Morgan fingerprint density at radius 3 is 2.60 bits per heavy atom. The molecule has 15 heavy (non-hydrogen) atoms. The highest BCUT2D eigenvalue weighted by molar-refractivity contribution is 7.89. The molecule has 0 aromatic heterocycles. The zero-order valence-electron chi connectivity index (χ0n) is 8.69. The Bertz CT molecular complexity index is 468. The Labute approximate surface area is 89.7 Å². The second kappa shape index (κ2) is 3.50. The average Bonchev–Trinajstić information content (AvgIpc) is 2.16. The first-order chi connectivity index (χ1) is 7.00. The molecule has 1 atom stereocenters. The first-order valence-electron chi connectivity index (χ1n) is 4.88. The minimum absolute atomic E-state index is 0.202. The quantitative estimate of drug-likeness (QED) is 0.760. The minimum atomic E-state index is -3.35. The molecule has 1 unspecified atom stereocenters. The number of anilines is 1. The summed E-state index contributed by atoms with van der Waals surface area (Å²) in [5.41, 5.74) is 0.676. The van der Waals surface area contributed by atoms with Gasteiger partial charge in [0.05, 0.1) is 11.9 Å². The second-order valence-electron chi connectivity index (χ2n) is 3.98. The van der Waals surface area contributed by atoms with Crippen LogP contribution in [0.25, 0.3) is 0 Å². The maximum absolute atomic E-state index is 11.8. The van der Waals surface area contributed by atoms with Gasteiger partial charge in [-0.15, -0.1) is 0 Å². The number of nitrogens with one attached hydrogen (secondary N) is 2. The van der Waals surface area contributed by atoms with Crippen LogP contribution in [0.1, 0.15) is 13.8 Å². The standard InChI is InChI=1S/C10H14N2O2S/c1-7(2)10-11-8-5-3-4-6-9(8)15(13,14)12-10/h3-7,10-12H,1-2H3. The molecule has 0 amide bonds. The Morgan fingerprint density at radius 2 is 1.93 bits per heavy atom. The molecule has 0 fully saturated rings. The zero-order valence-corrected chi connectivity index (χ0v) is 9.51. The van der Waals surface area contributed by atoms with Gasteiger partial charge in [0.2, 0.25) is 10.0 Å². The van der Waals surface area contributed by atoms with E-state index in [-0.39, 0.29) is 12.1 Å². The van der Waals surface area contributed by atoms with Crippen LogP contribution in [0.15, 0.2) is 29.2 Å². The highest BCUT2D eigenvalue weighted by atomic mass is 32.2. The van der Waals surface area contributed by atoms with Gasteiger partial charge in [-0.25, -0.2) is 8.42 Å². The van der Waals surface area contributed by atoms with E-state index in [1.54, 1.807) is 18.2 Å². The first kappa shape index (κ1) is 10.4. The molecule has 1 aromatic rings. The number of rotatable bonds is 1. The zero-order chi connectivity index (χ0) is 11.1. The number of benzene rings is 1. The van der Waals surface area contributed by atoms with E-state index in [0.29, 0.717) is 10.6 Å². The summed E-state index contributed by atoms with van der Waals surface area (Å²) in [6.45, 7) is 3.93. The Morgan fingerprint density at radius 1 is 1.27 bits per heavy atom. The molecular formula is C10H14N2O2S. The fraction of sp³-hybridized carbons (Fsp3) is 0.400. The molecule has 82 valence electrons. The molecular weight excluding hydrogens is 212 g/mol. The molecule has 2 N–H and O–H groups in total. The van der Waals surface area contributed by atoms with E-state index < -0.39 is 10.0 Å². The van der Waals surface area contributed by atoms with Crippen LogP contribution >= 0.6 is 0 Å². The van der Waals surface area contributed by atoms with Crippen molar-refractivity contribution in [2.45, 2.75) is 24.9 Å². The molecule has 0 aliphatic carbocycles. The highest BCUT2D eigenvalue weighted by Crippen LogP contribution is 2.26. The van der Waals surface area contributed by atoms with Gasteiger partial charge in [0, 0.05) is 0 Å². The lowest BCUT2D eigenvalue weighted by Gasteiger charge is -2.30. The molecule has 0 saturated carbocycles. The van der Waals surface area contributed by atoms with Gasteiger partial charge in [-0.05, 0) is 18.1 Å². The van der Waals surface area contributed by atoms with Crippen LogP contribution in [-0.2, 0) is 10.0 Å². The highest BCUT2D eigenvalue weighted by Gasteiger charge is 2.29. The van der Waals surface area contributed by atoms with E-state index >= 15 is 0 Å². The number of hydrogen-bond donors (Lipinski definition) is 2. The van der Waals surface area contributed by atoms with Crippen molar-refractivity contribution in [2.75, 3.05) is 5.32 Å². The third kappa shape index (κ3) is 1.85. The molecule has 4 nitrogen and oxygen atoms in total. The van der Waals surface area contributed by atoms with Crippen LogP contribution in [-0.4, -0.2) is 14.6 Å². The predicted molar refractivity (Wildman–Crippen MR) is 59.0 cm³/mol. The largest absolute Gasteiger partial charge is 0.368 e. The number of hydrogen-bond acceptors (Lipinski definition) is 3. The van der Waals surface area contributed by atoms with Gasteiger partial charge in [-0.2, -0.15) is 4.72 Å². The van der Waals surface area contributed by atoms with Gasteiger partial charge in [-0.1, -0.05) is 26.0 Å². The normalized spacial score (nSPS) is 23.3.